The Kier molecular flexibility index (Phi) is 4.25. The minimum Gasteiger partial charge on any atom is -0.507 e. The fraction of sp³-hybridized carbons (Fsp3) is 0. The van der Waals surface area contributed by atoms with Gasteiger partial charge in [0.15, 0.2) is 3.77 Å². The topological polar surface area (TPSA) is 83.0 Å². The van der Waals surface area contributed by atoms with Gasteiger partial charge in [0.2, 0.25) is 0 Å². The van der Waals surface area contributed by atoms with Crippen molar-refractivity contribution in [3.8, 4) is 5.75 Å². The van der Waals surface area contributed by atoms with E-state index in [9.17, 15) is 9.90 Å². The average molecular weight is 436 g/mol. The van der Waals surface area contributed by atoms with Gasteiger partial charge < -0.3 is 14.6 Å². The van der Waals surface area contributed by atoms with Crippen molar-refractivity contribution in [2.45, 2.75) is 0 Å². The lowest BCUT2D eigenvalue weighted by atomic mass is 10.2. The lowest BCUT2D eigenvalue weighted by Gasteiger charge is -1.99. The number of carboxylic acid groups (broad SMARTS) is 1. The van der Waals surface area contributed by atoms with Crippen molar-refractivity contribution in [1.29, 1.82) is 0 Å². The first-order valence-corrected chi connectivity index (χ1v) is 6.90. The maximum atomic E-state index is 10.9. The first-order valence-electron chi connectivity index (χ1n) is 5.02. The summed E-state index contributed by atoms with van der Waals surface area (Å²) in [5, 5.41) is 18.2. The molecule has 0 aliphatic rings. The summed E-state index contributed by atoms with van der Waals surface area (Å²) in [5.74, 6) is -0.951. The number of aromatic carboxylic acids is 1. The predicted octanol–water partition coefficient (Wildman–Crippen LogP) is 3.80. The molecule has 1 aromatic carbocycles. The van der Waals surface area contributed by atoms with Crippen molar-refractivity contribution in [2.24, 2.45) is 4.99 Å². The van der Waals surface area contributed by atoms with Crippen molar-refractivity contribution >= 4 is 56.4 Å². The van der Waals surface area contributed by atoms with Gasteiger partial charge in [-0.15, -0.1) is 0 Å². The largest absolute Gasteiger partial charge is 0.507 e. The molecule has 0 unspecified atom stereocenters. The van der Waals surface area contributed by atoms with E-state index in [1.54, 1.807) is 6.07 Å². The third-order valence-corrected chi connectivity index (χ3v) is 4.35. The molecule has 2 rings (SSSR count). The quantitative estimate of drug-likeness (QED) is 0.567. The van der Waals surface area contributed by atoms with Gasteiger partial charge in [0.25, 0.3) is 0 Å². The highest BCUT2D eigenvalue weighted by molar-refractivity contribution is 14.1. The third-order valence-electron chi connectivity index (χ3n) is 2.22. The molecule has 0 bridgehead atoms. The summed E-state index contributed by atoms with van der Waals surface area (Å²) in [7, 11) is 0. The second kappa shape index (κ2) is 5.74. The van der Waals surface area contributed by atoms with Crippen LogP contribution < -0.4 is 0 Å². The van der Waals surface area contributed by atoms with E-state index in [1.807, 2.05) is 22.6 Å². The van der Waals surface area contributed by atoms with Crippen molar-refractivity contribution < 1.29 is 19.4 Å². The van der Waals surface area contributed by atoms with Gasteiger partial charge in [0.05, 0.1) is 16.4 Å². The van der Waals surface area contributed by atoms with E-state index in [4.69, 9.17) is 9.52 Å². The summed E-state index contributed by atoms with van der Waals surface area (Å²) >= 11 is 5.34. The molecule has 0 atom stereocenters. The Balaban J connectivity index is 2.28. The summed E-state index contributed by atoms with van der Waals surface area (Å²) < 4.78 is 6.89. The number of benzene rings is 1. The Morgan fingerprint density at radius 1 is 1.42 bits per heavy atom. The normalized spacial score (nSPS) is 11.1. The summed E-state index contributed by atoms with van der Waals surface area (Å²) in [6.07, 6.45) is 1.48. The molecule has 1 aromatic heterocycles. The fourth-order valence-corrected chi connectivity index (χ4v) is 2.06. The number of aromatic hydroxyl groups is 1. The number of aliphatic imine (C=N–C) groups is 1. The molecule has 0 amide bonds. The van der Waals surface area contributed by atoms with E-state index in [1.165, 1.54) is 24.4 Å². The number of rotatable bonds is 3. The first kappa shape index (κ1) is 14.1. The number of carboxylic acids is 1. The van der Waals surface area contributed by atoms with Gasteiger partial charge in [-0.25, -0.2) is 4.79 Å². The molecule has 0 spiro atoms. The number of hydrogen-bond acceptors (Lipinski definition) is 4. The van der Waals surface area contributed by atoms with Crippen LogP contribution in [0, 0.1) is 3.77 Å². The first-order chi connectivity index (χ1) is 8.97. The van der Waals surface area contributed by atoms with Crippen LogP contribution in [0.25, 0.3) is 0 Å². The summed E-state index contributed by atoms with van der Waals surface area (Å²) in [6, 6.07) is 5.85. The Morgan fingerprint density at radius 2 is 2.16 bits per heavy atom. The zero-order valence-electron chi connectivity index (χ0n) is 9.30. The van der Waals surface area contributed by atoms with E-state index in [2.05, 4.69) is 20.9 Å². The van der Waals surface area contributed by atoms with Gasteiger partial charge in [0.1, 0.15) is 17.1 Å². The SMILES string of the molecule is O=C(O)c1cc(N=Cc2cc(Br)c(I)o2)ccc1O. The molecule has 5 nitrogen and oxygen atoms in total. The van der Waals surface area contributed by atoms with Gasteiger partial charge >= 0.3 is 5.97 Å². The summed E-state index contributed by atoms with van der Waals surface area (Å²) in [4.78, 5) is 15.0. The van der Waals surface area contributed by atoms with Gasteiger partial charge in [0, 0.05) is 28.7 Å². The summed E-state index contributed by atoms with van der Waals surface area (Å²) in [6.45, 7) is 0. The van der Waals surface area contributed by atoms with Crippen molar-refractivity contribution in [3.05, 3.63) is 43.8 Å². The molecule has 0 aliphatic heterocycles. The van der Waals surface area contributed by atoms with E-state index in [-0.39, 0.29) is 11.3 Å². The van der Waals surface area contributed by atoms with Crippen LogP contribution in [0.4, 0.5) is 5.69 Å². The van der Waals surface area contributed by atoms with Gasteiger partial charge in [-0.3, -0.25) is 4.99 Å². The molecule has 0 saturated carbocycles. The second-order valence-electron chi connectivity index (χ2n) is 3.54. The minimum atomic E-state index is -1.20. The Hall–Kier alpha value is -1.35. The van der Waals surface area contributed by atoms with Crippen LogP contribution in [0.15, 0.2) is 38.1 Å². The highest BCUT2D eigenvalue weighted by atomic mass is 127. The monoisotopic (exact) mass is 435 g/mol. The molecule has 0 saturated heterocycles. The molecular weight excluding hydrogens is 429 g/mol. The molecular formula is C12H7BrINO4. The highest BCUT2D eigenvalue weighted by Crippen LogP contribution is 2.25. The maximum Gasteiger partial charge on any atom is 0.339 e. The number of carbonyl (C=O) groups is 1. The zero-order valence-corrected chi connectivity index (χ0v) is 13.0. The maximum absolute atomic E-state index is 10.9. The highest BCUT2D eigenvalue weighted by Gasteiger charge is 2.09. The molecule has 0 aliphatic carbocycles. The van der Waals surface area contributed by atoms with Gasteiger partial charge in [-0.2, -0.15) is 0 Å². The van der Waals surface area contributed by atoms with Crippen LogP contribution in [-0.4, -0.2) is 22.4 Å². The van der Waals surface area contributed by atoms with Crippen molar-refractivity contribution in [3.63, 3.8) is 0 Å². The number of hydrogen-bond donors (Lipinski definition) is 2. The van der Waals surface area contributed by atoms with Crippen molar-refractivity contribution in [2.75, 3.05) is 0 Å². The molecule has 7 heteroatoms. The standard InChI is InChI=1S/C12H7BrINO4/c13-9-4-7(19-11(9)14)5-15-6-1-2-10(16)8(3-6)12(17)18/h1-5,16H,(H,17,18). The molecule has 0 fully saturated rings. The van der Waals surface area contributed by atoms with Crippen LogP contribution in [0.1, 0.15) is 16.1 Å². The van der Waals surface area contributed by atoms with Crippen LogP contribution in [0.3, 0.4) is 0 Å². The van der Waals surface area contributed by atoms with Crippen LogP contribution in [0.2, 0.25) is 0 Å². The molecule has 19 heavy (non-hydrogen) atoms. The zero-order chi connectivity index (χ0) is 14.0. The van der Waals surface area contributed by atoms with E-state index < -0.39 is 5.97 Å². The van der Waals surface area contributed by atoms with Crippen LogP contribution in [0.5, 0.6) is 5.75 Å². The smallest absolute Gasteiger partial charge is 0.339 e. The predicted molar refractivity (Wildman–Crippen MR) is 81.4 cm³/mol. The van der Waals surface area contributed by atoms with Crippen LogP contribution in [-0.2, 0) is 0 Å². The number of phenols is 1. The summed E-state index contributed by atoms with van der Waals surface area (Å²) in [5.41, 5.74) is 0.225. The lowest BCUT2D eigenvalue weighted by Crippen LogP contribution is -1.95. The van der Waals surface area contributed by atoms with Crippen LogP contribution >= 0.6 is 38.5 Å². The Bertz CT molecular complexity index is 646. The Morgan fingerprint density at radius 3 is 2.74 bits per heavy atom. The van der Waals surface area contributed by atoms with Crippen molar-refractivity contribution in [1.82, 2.24) is 0 Å². The molecule has 98 valence electrons. The van der Waals surface area contributed by atoms with Gasteiger partial charge in [-0.1, -0.05) is 0 Å². The second-order valence-corrected chi connectivity index (χ2v) is 5.37. The van der Waals surface area contributed by atoms with E-state index in [0.717, 1.165) is 4.47 Å². The molecule has 2 N–H and O–H groups in total. The third kappa shape index (κ3) is 3.35. The molecule has 2 aromatic rings. The average Bonchev–Trinajstić information content (AvgIpc) is 2.67. The molecule has 1 heterocycles. The lowest BCUT2D eigenvalue weighted by molar-refractivity contribution is 0.0694. The van der Waals surface area contributed by atoms with E-state index in [0.29, 0.717) is 15.2 Å². The number of furan rings is 1. The fourth-order valence-electron chi connectivity index (χ4n) is 1.34. The Labute approximate surface area is 130 Å². The van der Waals surface area contributed by atoms with E-state index >= 15 is 0 Å². The number of halogens is 2. The number of nitrogens with zero attached hydrogens (tertiary/aromatic N) is 1. The minimum absolute atomic E-state index is 0.190. The molecule has 0 radical (unpaired) electrons. The van der Waals surface area contributed by atoms with Gasteiger partial charge in [-0.05, 0) is 34.1 Å².